The van der Waals surface area contributed by atoms with Gasteiger partial charge in [-0.05, 0) is 12.0 Å². The molecule has 1 N–H and O–H groups in total. The number of piperazine rings is 1. The molecule has 4 heteroatoms. The molecule has 1 aliphatic rings. The monoisotopic (exact) mass is 284 g/mol. The second kappa shape index (κ2) is 6.94. The Kier molecular flexibility index (Phi) is 4.99. The van der Waals surface area contributed by atoms with Crippen molar-refractivity contribution in [3.63, 3.8) is 0 Å². The maximum absolute atomic E-state index is 12.6. The van der Waals surface area contributed by atoms with E-state index >= 15 is 0 Å². The molecule has 1 fully saturated rings. The first kappa shape index (κ1) is 15.1. The third-order valence-electron chi connectivity index (χ3n) is 3.74. The van der Waals surface area contributed by atoms with E-state index in [0.29, 0.717) is 25.8 Å². The summed E-state index contributed by atoms with van der Waals surface area (Å²) in [7, 11) is 0. The van der Waals surface area contributed by atoms with Gasteiger partial charge in [0.15, 0.2) is 0 Å². The predicted molar refractivity (Wildman–Crippen MR) is 81.3 cm³/mol. The third kappa shape index (κ3) is 3.43. The molecule has 1 heterocycles. The molecular formula is C17H20N2O2. The Morgan fingerprint density at radius 2 is 2.00 bits per heavy atom. The molecule has 2 rings (SSSR count). The van der Waals surface area contributed by atoms with Gasteiger partial charge in [-0.1, -0.05) is 37.3 Å². The molecule has 0 bridgehead atoms. The molecule has 1 aliphatic heterocycles. The van der Waals surface area contributed by atoms with Gasteiger partial charge in [0.05, 0.1) is 0 Å². The van der Waals surface area contributed by atoms with Crippen molar-refractivity contribution < 1.29 is 9.59 Å². The molecule has 4 nitrogen and oxygen atoms in total. The highest BCUT2D eigenvalue weighted by Gasteiger charge is 2.38. The Balaban J connectivity index is 2.15. The van der Waals surface area contributed by atoms with Gasteiger partial charge in [0.25, 0.3) is 0 Å². The first-order valence-electron chi connectivity index (χ1n) is 7.25. The van der Waals surface area contributed by atoms with Crippen LogP contribution in [0.15, 0.2) is 30.3 Å². The third-order valence-corrected chi connectivity index (χ3v) is 3.74. The number of benzene rings is 1. The van der Waals surface area contributed by atoms with Crippen LogP contribution in [0.1, 0.15) is 25.3 Å². The van der Waals surface area contributed by atoms with Gasteiger partial charge in [0.1, 0.15) is 12.1 Å². The van der Waals surface area contributed by atoms with E-state index in [1.807, 2.05) is 37.3 Å². The summed E-state index contributed by atoms with van der Waals surface area (Å²) in [5, 5.41) is 2.84. The number of hydrogen-bond acceptors (Lipinski definition) is 2. The van der Waals surface area contributed by atoms with Crippen molar-refractivity contribution in [1.29, 1.82) is 0 Å². The second-order valence-electron chi connectivity index (χ2n) is 5.16. The highest BCUT2D eigenvalue weighted by molar-refractivity contribution is 5.97. The first-order valence-corrected chi connectivity index (χ1v) is 7.25. The molecule has 0 radical (unpaired) electrons. The van der Waals surface area contributed by atoms with E-state index in [4.69, 9.17) is 6.42 Å². The van der Waals surface area contributed by atoms with E-state index in [1.54, 1.807) is 4.90 Å². The van der Waals surface area contributed by atoms with Crippen LogP contribution >= 0.6 is 0 Å². The lowest BCUT2D eigenvalue weighted by Gasteiger charge is -2.38. The summed E-state index contributed by atoms with van der Waals surface area (Å²) in [6.45, 7) is 2.34. The molecule has 1 saturated heterocycles. The summed E-state index contributed by atoms with van der Waals surface area (Å²) < 4.78 is 0. The molecule has 0 aliphatic carbocycles. The normalized spacial score (nSPS) is 21.8. The quantitative estimate of drug-likeness (QED) is 0.830. The average molecular weight is 284 g/mol. The van der Waals surface area contributed by atoms with E-state index in [2.05, 4.69) is 11.2 Å². The fourth-order valence-electron chi connectivity index (χ4n) is 2.67. The number of nitrogens with one attached hydrogen (secondary N) is 1. The van der Waals surface area contributed by atoms with E-state index in [1.165, 1.54) is 0 Å². The van der Waals surface area contributed by atoms with Crippen molar-refractivity contribution in [2.24, 2.45) is 0 Å². The lowest BCUT2D eigenvalue weighted by atomic mass is 9.99. The maximum atomic E-state index is 12.6. The van der Waals surface area contributed by atoms with Gasteiger partial charge >= 0.3 is 0 Å². The van der Waals surface area contributed by atoms with Crippen LogP contribution in [0.5, 0.6) is 0 Å². The summed E-state index contributed by atoms with van der Waals surface area (Å²) in [5.74, 6) is 2.40. The zero-order chi connectivity index (χ0) is 15.2. The molecule has 0 spiro atoms. The molecule has 0 aromatic heterocycles. The largest absolute Gasteiger partial charge is 0.342 e. The smallest absolute Gasteiger partial charge is 0.246 e. The van der Waals surface area contributed by atoms with Crippen molar-refractivity contribution in [2.75, 3.05) is 6.54 Å². The molecule has 2 atom stereocenters. The van der Waals surface area contributed by atoms with Crippen molar-refractivity contribution in [3.05, 3.63) is 35.9 Å². The Morgan fingerprint density at radius 1 is 1.29 bits per heavy atom. The lowest BCUT2D eigenvalue weighted by molar-refractivity contribution is -0.149. The minimum Gasteiger partial charge on any atom is -0.342 e. The average Bonchev–Trinajstić information content (AvgIpc) is 2.50. The van der Waals surface area contributed by atoms with Gasteiger partial charge in [-0.2, -0.15) is 0 Å². The van der Waals surface area contributed by atoms with E-state index in [-0.39, 0.29) is 11.8 Å². The summed E-state index contributed by atoms with van der Waals surface area (Å²) in [6, 6.07) is 8.79. The number of nitrogens with zero attached hydrogens (tertiary/aromatic N) is 1. The molecule has 0 saturated carbocycles. The van der Waals surface area contributed by atoms with Crippen LogP contribution in [0.25, 0.3) is 0 Å². The first-order chi connectivity index (χ1) is 10.2. The van der Waals surface area contributed by atoms with Gasteiger partial charge in [-0.3, -0.25) is 9.59 Å². The van der Waals surface area contributed by atoms with E-state index in [0.717, 1.165) is 5.56 Å². The van der Waals surface area contributed by atoms with Crippen LogP contribution in [-0.4, -0.2) is 35.3 Å². The van der Waals surface area contributed by atoms with Crippen LogP contribution in [0, 0.1) is 12.3 Å². The standard InChI is InChI=1S/C17H20N2O2/c1-3-5-11-19-15(4-2)16(20)18-14(17(19)21)12-13-9-7-6-8-10-13/h1,6-10,14-15H,4-5,11-12H2,2H3,(H,18,20). The zero-order valence-electron chi connectivity index (χ0n) is 12.2. The lowest BCUT2D eigenvalue weighted by Crippen LogP contribution is -2.63. The van der Waals surface area contributed by atoms with Crippen LogP contribution in [-0.2, 0) is 16.0 Å². The van der Waals surface area contributed by atoms with Crippen molar-refractivity contribution in [3.8, 4) is 12.3 Å². The number of terminal acetylenes is 1. The summed E-state index contributed by atoms with van der Waals surface area (Å²) >= 11 is 0. The number of amides is 2. The van der Waals surface area contributed by atoms with Crippen molar-refractivity contribution in [2.45, 2.75) is 38.3 Å². The Bertz CT molecular complexity index is 548. The molecule has 2 amide bonds. The summed E-state index contributed by atoms with van der Waals surface area (Å²) in [6.07, 6.45) is 6.85. The highest BCUT2D eigenvalue weighted by Crippen LogP contribution is 2.16. The molecule has 1 aromatic rings. The van der Waals surface area contributed by atoms with E-state index < -0.39 is 12.1 Å². The van der Waals surface area contributed by atoms with Gasteiger partial charge in [0.2, 0.25) is 11.8 Å². The fourth-order valence-corrected chi connectivity index (χ4v) is 2.67. The van der Waals surface area contributed by atoms with Gasteiger partial charge in [-0.25, -0.2) is 0 Å². The van der Waals surface area contributed by atoms with Crippen LogP contribution < -0.4 is 5.32 Å². The fraction of sp³-hybridized carbons (Fsp3) is 0.412. The number of carbonyl (C=O) groups excluding carboxylic acids is 2. The Morgan fingerprint density at radius 3 is 2.62 bits per heavy atom. The zero-order valence-corrected chi connectivity index (χ0v) is 12.2. The number of hydrogen-bond donors (Lipinski definition) is 1. The molecule has 21 heavy (non-hydrogen) atoms. The minimum absolute atomic E-state index is 0.0412. The molecular weight excluding hydrogens is 264 g/mol. The minimum atomic E-state index is -0.500. The Labute approximate surface area is 125 Å². The maximum Gasteiger partial charge on any atom is 0.246 e. The van der Waals surface area contributed by atoms with Crippen molar-refractivity contribution in [1.82, 2.24) is 10.2 Å². The molecule has 2 unspecified atom stereocenters. The predicted octanol–water partition coefficient (Wildman–Crippen LogP) is 1.36. The van der Waals surface area contributed by atoms with Crippen LogP contribution in [0.4, 0.5) is 0 Å². The van der Waals surface area contributed by atoms with Gasteiger partial charge in [0, 0.05) is 19.4 Å². The van der Waals surface area contributed by atoms with E-state index in [9.17, 15) is 9.59 Å². The molecule has 1 aromatic carbocycles. The SMILES string of the molecule is C#CCCN1C(=O)C(Cc2ccccc2)NC(=O)C1CC. The van der Waals surface area contributed by atoms with Crippen molar-refractivity contribution >= 4 is 11.8 Å². The topological polar surface area (TPSA) is 49.4 Å². The van der Waals surface area contributed by atoms with Crippen LogP contribution in [0.2, 0.25) is 0 Å². The summed E-state index contributed by atoms with van der Waals surface area (Å²) in [4.78, 5) is 26.4. The van der Waals surface area contributed by atoms with Crippen LogP contribution in [0.3, 0.4) is 0 Å². The second-order valence-corrected chi connectivity index (χ2v) is 5.16. The van der Waals surface area contributed by atoms with Gasteiger partial charge in [-0.15, -0.1) is 12.3 Å². The van der Waals surface area contributed by atoms with Gasteiger partial charge < -0.3 is 10.2 Å². The number of carbonyl (C=O) groups is 2. The highest BCUT2D eigenvalue weighted by atomic mass is 16.2. The number of rotatable bonds is 5. The Hall–Kier alpha value is -2.28. The molecule has 110 valence electrons. The summed E-state index contributed by atoms with van der Waals surface area (Å²) in [5.41, 5.74) is 1.03.